The Bertz CT molecular complexity index is 427. The summed E-state index contributed by atoms with van der Waals surface area (Å²) in [4.78, 5) is 0. The van der Waals surface area contributed by atoms with Crippen LogP contribution in [0.15, 0.2) is 18.2 Å². The van der Waals surface area contributed by atoms with Crippen molar-refractivity contribution in [3.05, 3.63) is 23.8 Å². The number of phenolic OH excluding ortho intramolecular Hbond substituents is 1. The van der Waals surface area contributed by atoms with Crippen molar-refractivity contribution < 1.29 is 9.84 Å². The van der Waals surface area contributed by atoms with Crippen LogP contribution in [0.5, 0.6) is 11.5 Å². The number of hydrogen-bond acceptors (Lipinski definition) is 4. The highest BCUT2D eigenvalue weighted by Crippen LogP contribution is 2.44. The maximum atomic E-state index is 9.84. The molecule has 0 saturated carbocycles. The van der Waals surface area contributed by atoms with Crippen molar-refractivity contribution in [2.45, 2.75) is 30.9 Å². The molecule has 4 heteroatoms. The van der Waals surface area contributed by atoms with E-state index in [1.54, 1.807) is 12.1 Å². The van der Waals surface area contributed by atoms with E-state index in [4.69, 9.17) is 10.5 Å². The van der Waals surface area contributed by atoms with Gasteiger partial charge in [0.25, 0.3) is 0 Å². The Morgan fingerprint density at radius 3 is 3.12 bits per heavy atom. The topological polar surface area (TPSA) is 67.5 Å². The van der Waals surface area contributed by atoms with Gasteiger partial charge in [0.1, 0.15) is 17.1 Å². The maximum absolute atomic E-state index is 9.84. The second kappa shape index (κ2) is 3.89. The van der Waals surface area contributed by atoms with Gasteiger partial charge in [-0.15, -0.1) is 0 Å². The van der Waals surface area contributed by atoms with Gasteiger partial charge in [-0.3, -0.25) is 0 Å². The standard InChI is InChI=1S/C13H18N2O2/c14-9-7-13(5-2-6-15-8-13)17-11-4-1-3-10(16)12(9)11/h1,3-4,9,15-16H,2,5-8,14H2. The summed E-state index contributed by atoms with van der Waals surface area (Å²) in [5.74, 6) is 0.987. The summed E-state index contributed by atoms with van der Waals surface area (Å²) in [5, 5.41) is 13.2. The van der Waals surface area contributed by atoms with E-state index in [9.17, 15) is 5.11 Å². The van der Waals surface area contributed by atoms with Crippen molar-refractivity contribution >= 4 is 0 Å². The summed E-state index contributed by atoms with van der Waals surface area (Å²) in [7, 11) is 0. The summed E-state index contributed by atoms with van der Waals surface area (Å²) in [6, 6.07) is 5.22. The minimum atomic E-state index is -0.182. The van der Waals surface area contributed by atoms with Crippen LogP contribution in [0.2, 0.25) is 0 Å². The Kier molecular flexibility index (Phi) is 2.49. The zero-order valence-electron chi connectivity index (χ0n) is 9.78. The van der Waals surface area contributed by atoms with E-state index in [-0.39, 0.29) is 17.4 Å². The fraction of sp³-hybridized carbons (Fsp3) is 0.538. The molecule has 1 spiro atoms. The summed E-state index contributed by atoms with van der Waals surface area (Å²) in [5.41, 5.74) is 6.76. The van der Waals surface area contributed by atoms with E-state index in [0.29, 0.717) is 0 Å². The van der Waals surface area contributed by atoms with Crippen molar-refractivity contribution in [1.29, 1.82) is 0 Å². The van der Waals surface area contributed by atoms with Gasteiger partial charge in [0, 0.05) is 19.0 Å². The van der Waals surface area contributed by atoms with Gasteiger partial charge in [0.05, 0.1) is 5.56 Å². The van der Waals surface area contributed by atoms with E-state index in [0.717, 1.165) is 43.7 Å². The summed E-state index contributed by atoms with van der Waals surface area (Å²) < 4.78 is 6.11. The highest BCUT2D eigenvalue weighted by molar-refractivity contribution is 5.48. The number of phenols is 1. The third kappa shape index (κ3) is 1.77. The molecule has 1 fully saturated rings. The number of nitrogens with two attached hydrogens (primary N) is 1. The van der Waals surface area contributed by atoms with Crippen LogP contribution in [0.25, 0.3) is 0 Å². The molecule has 2 heterocycles. The number of rotatable bonds is 0. The zero-order valence-corrected chi connectivity index (χ0v) is 9.78. The third-order valence-electron chi connectivity index (χ3n) is 3.77. The molecule has 0 amide bonds. The number of hydrogen-bond donors (Lipinski definition) is 3. The Morgan fingerprint density at radius 1 is 1.47 bits per heavy atom. The van der Waals surface area contributed by atoms with Gasteiger partial charge in [0.15, 0.2) is 0 Å². The number of aromatic hydroxyl groups is 1. The van der Waals surface area contributed by atoms with Gasteiger partial charge in [0.2, 0.25) is 0 Å². The minimum absolute atomic E-state index is 0.139. The van der Waals surface area contributed by atoms with Crippen LogP contribution in [0.1, 0.15) is 30.9 Å². The fourth-order valence-corrected chi connectivity index (χ4v) is 2.97. The van der Waals surface area contributed by atoms with Crippen molar-refractivity contribution in [3.63, 3.8) is 0 Å². The molecule has 92 valence electrons. The predicted molar refractivity (Wildman–Crippen MR) is 65.1 cm³/mol. The van der Waals surface area contributed by atoms with Crippen LogP contribution < -0.4 is 15.8 Å². The van der Waals surface area contributed by atoms with E-state index in [2.05, 4.69) is 5.32 Å². The number of fused-ring (bicyclic) bond motifs is 1. The first kappa shape index (κ1) is 10.9. The first-order valence-electron chi connectivity index (χ1n) is 6.17. The molecule has 2 aliphatic heterocycles. The number of ether oxygens (including phenoxy) is 1. The Balaban J connectivity index is 1.97. The van der Waals surface area contributed by atoms with Crippen molar-refractivity contribution in [2.24, 2.45) is 5.73 Å². The second-order valence-corrected chi connectivity index (χ2v) is 5.06. The Morgan fingerprint density at radius 2 is 2.35 bits per heavy atom. The smallest absolute Gasteiger partial charge is 0.128 e. The van der Waals surface area contributed by atoms with Crippen molar-refractivity contribution in [2.75, 3.05) is 13.1 Å². The lowest BCUT2D eigenvalue weighted by molar-refractivity contribution is 0.0130. The molecule has 0 radical (unpaired) electrons. The second-order valence-electron chi connectivity index (χ2n) is 5.06. The molecule has 4 N–H and O–H groups in total. The molecule has 17 heavy (non-hydrogen) atoms. The quantitative estimate of drug-likeness (QED) is 0.633. The first-order chi connectivity index (χ1) is 8.20. The molecule has 0 bridgehead atoms. The summed E-state index contributed by atoms with van der Waals surface area (Å²) in [6.07, 6.45) is 2.91. The molecule has 1 saturated heterocycles. The van der Waals surface area contributed by atoms with Crippen LogP contribution in [-0.2, 0) is 0 Å². The van der Waals surface area contributed by atoms with Crippen molar-refractivity contribution in [1.82, 2.24) is 5.32 Å². The van der Waals surface area contributed by atoms with E-state index < -0.39 is 0 Å². The van der Waals surface area contributed by atoms with Crippen molar-refractivity contribution in [3.8, 4) is 11.5 Å². The zero-order chi connectivity index (χ0) is 11.9. The van der Waals surface area contributed by atoms with Gasteiger partial charge in [-0.25, -0.2) is 0 Å². The lowest BCUT2D eigenvalue weighted by Crippen LogP contribution is -2.53. The van der Waals surface area contributed by atoms with E-state index in [1.807, 2.05) is 6.07 Å². The average Bonchev–Trinajstić information content (AvgIpc) is 2.29. The van der Waals surface area contributed by atoms with Crippen LogP contribution in [0, 0.1) is 0 Å². The van der Waals surface area contributed by atoms with Crippen LogP contribution in [0.4, 0.5) is 0 Å². The molecular formula is C13H18N2O2. The maximum Gasteiger partial charge on any atom is 0.128 e. The molecule has 1 aromatic carbocycles. The van der Waals surface area contributed by atoms with Crippen LogP contribution in [0.3, 0.4) is 0 Å². The fourth-order valence-electron chi connectivity index (χ4n) is 2.97. The molecule has 0 aromatic heterocycles. The van der Waals surface area contributed by atoms with Crippen LogP contribution in [-0.4, -0.2) is 23.8 Å². The average molecular weight is 234 g/mol. The number of benzene rings is 1. The lowest BCUT2D eigenvalue weighted by Gasteiger charge is -2.43. The summed E-state index contributed by atoms with van der Waals surface area (Å²) >= 11 is 0. The monoisotopic (exact) mass is 234 g/mol. The molecular weight excluding hydrogens is 216 g/mol. The van der Waals surface area contributed by atoms with E-state index >= 15 is 0 Å². The molecule has 0 aliphatic carbocycles. The largest absolute Gasteiger partial charge is 0.507 e. The Labute approximate surface area is 101 Å². The lowest BCUT2D eigenvalue weighted by atomic mass is 9.82. The molecule has 2 aliphatic rings. The normalized spacial score (nSPS) is 31.9. The molecule has 3 rings (SSSR count). The van der Waals surface area contributed by atoms with Gasteiger partial charge in [-0.2, -0.15) is 0 Å². The summed E-state index contributed by atoms with van der Waals surface area (Å²) in [6.45, 7) is 1.89. The Hall–Kier alpha value is -1.26. The number of piperidine rings is 1. The van der Waals surface area contributed by atoms with Gasteiger partial charge in [-0.05, 0) is 31.5 Å². The molecule has 1 aromatic rings. The minimum Gasteiger partial charge on any atom is -0.507 e. The highest BCUT2D eigenvalue weighted by Gasteiger charge is 2.41. The predicted octanol–water partition coefficient (Wildman–Crippen LogP) is 1.30. The number of nitrogens with one attached hydrogen (secondary N) is 1. The molecule has 2 atom stereocenters. The van der Waals surface area contributed by atoms with Gasteiger partial charge >= 0.3 is 0 Å². The molecule has 4 nitrogen and oxygen atoms in total. The van der Waals surface area contributed by atoms with Gasteiger partial charge in [-0.1, -0.05) is 6.07 Å². The highest BCUT2D eigenvalue weighted by atomic mass is 16.5. The first-order valence-corrected chi connectivity index (χ1v) is 6.17. The van der Waals surface area contributed by atoms with Crippen LogP contribution >= 0.6 is 0 Å². The van der Waals surface area contributed by atoms with Gasteiger partial charge < -0.3 is 20.9 Å². The van der Waals surface area contributed by atoms with E-state index in [1.165, 1.54) is 0 Å². The molecule has 2 unspecified atom stereocenters. The third-order valence-corrected chi connectivity index (χ3v) is 3.77. The SMILES string of the molecule is NC1CC2(CCCNC2)Oc2cccc(O)c21.